The van der Waals surface area contributed by atoms with Crippen LogP contribution in [0.5, 0.6) is 5.75 Å². The molecule has 16 heavy (non-hydrogen) atoms. The van der Waals surface area contributed by atoms with Gasteiger partial charge in [0.05, 0.1) is 12.7 Å². The molecule has 86 valence electrons. The molecule has 0 aliphatic carbocycles. The van der Waals surface area contributed by atoms with Gasteiger partial charge in [0, 0.05) is 12.5 Å². The molecule has 0 unspecified atom stereocenters. The van der Waals surface area contributed by atoms with Crippen LogP contribution in [0, 0.1) is 5.92 Å². The maximum absolute atomic E-state index is 12.3. The first-order valence-electron chi connectivity index (χ1n) is 5.71. The van der Waals surface area contributed by atoms with E-state index in [4.69, 9.17) is 4.74 Å². The van der Waals surface area contributed by atoms with E-state index in [9.17, 15) is 4.79 Å². The predicted molar refractivity (Wildman–Crippen MR) is 62.9 cm³/mol. The lowest BCUT2D eigenvalue weighted by molar-refractivity contribution is 0.0896. The molecule has 3 nitrogen and oxygen atoms in total. The first-order valence-corrected chi connectivity index (χ1v) is 5.71. The van der Waals surface area contributed by atoms with E-state index < -0.39 is 0 Å². The van der Waals surface area contributed by atoms with Crippen molar-refractivity contribution in [2.24, 2.45) is 5.92 Å². The average molecular weight is 219 g/mol. The fourth-order valence-corrected chi connectivity index (χ4v) is 2.14. The van der Waals surface area contributed by atoms with Gasteiger partial charge in [0.15, 0.2) is 5.78 Å². The average Bonchev–Trinajstić information content (AvgIpc) is 2.39. The predicted octanol–water partition coefficient (Wildman–Crippen LogP) is 1.88. The first kappa shape index (κ1) is 11.1. The van der Waals surface area contributed by atoms with Crippen molar-refractivity contribution < 1.29 is 9.53 Å². The zero-order valence-corrected chi connectivity index (χ0v) is 9.53. The number of nitrogens with one attached hydrogen (secondary N) is 1. The Balaban J connectivity index is 2.19. The van der Waals surface area contributed by atoms with Crippen LogP contribution in [-0.4, -0.2) is 26.0 Å². The molecule has 0 aromatic heterocycles. The summed E-state index contributed by atoms with van der Waals surface area (Å²) in [5.74, 6) is 0.979. The van der Waals surface area contributed by atoms with Crippen molar-refractivity contribution in [3.63, 3.8) is 0 Å². The summed E-state index contributed by atoms with van der Waals surface area (Å²) in [6.45, 7) is 1.81. The number of ketones is 1. The number of rotatable bonds is 3. The van der Waals surface area contributed by atoms with Crippen molar-refractivity contribution in [2.75, 3.05) is 20.2 Å². The summed E-state index contributed by atoms with van der Waals surface area (Å²) < 4.78 is 5.22. The number of hydrogen-bond acceptors (Lipinski definition) is 3. The maximum Gasteiger partial charge on any atom is 0.170 e. The molecule has 1 aromatic rings. The van der Waals surface area contributed by atoms with Crippen LogP contribution in [0.15, 0.2) is 24.3 Å². The van der Waals surface area contributed by atoms with Crippen LogP contribution in [0.3, 0.4) is 0 Å². The Morgan fingerprint density at radius 3 is 2.94 bits per heavy atom. The van der Waals surface area contributed by atoms with E-state index in [2.05, 4.69) is 5.32 Å². The lowest BCUT2D eigenvalue weighted by atomic mass is 9.90. The molecule has 1 atom stereocenters. The van der Waals surface area contributed by atoms with Gasteiger partial charge >= 0.3 is 0 Å². The highest BCUT2D eigenvalue weighted by Crippen LogP contribution is 2.23. The highest BCUT2D eigenvalue weighted by atomic mass is 16.5. The van der Waals surface area contributed by atoms with Crippen molar-refractivity contribution in [3.05, 3.63) is 29.8 Å². The molecule has 0 spiro atoms. The summed E-state index contributed by atoms with van der Waals surface area (Å²) in [7, 11) is 1.60. The molecule has 0 saturated carbocycles. The van der Waals surface area contributed by atoms with Crippen LogP contribution in [0.1, 0.15) is 23.2 Å². The van der Waals surface area contributed by atoms with Gasteiger partial charge in [-0.1, -0.05) is 12.1 Å². The molecule has 3 heteroatoms. The Bertz CT molecular complexity index is 370. The van der Waals surface area contributed by atoms with E-state index in [1.165, 1.54) is 0 Å². The quantitative estimate of drug-likeness (QED) is 0.789. The van der Waals surface area contributed by atoms with E-state index >= 15 is 0 Å². The number of methoxy groups -OCH3 is 1. The molecule has 1 saturated heterocycles. The third-order valence-corrected chi connectivity index (χ3v) is 3.04. The van der Waals surface area contributed by atoms with Gasteiger partial charge in [0.2, 0.25) is 0 Å². The number of carbonyl (C=O) groups is 1. The van der Waals surface area contributed by atoms with Crippen molar-refractivity contribution in [1.82, 2.24) is 5.32 Å². The normalized spacial score (nSPS) is 20.4. The molecular weight excluding hydrogens is 202 g/mol. The van der Waals surface area contributed by atoms with E-state index in [1.54, 1.807) is 7.11 Å². The highest BCUT2D eigenvalue weighted by Gasteiger charge is 2.24. The second-order valence-electron chi connectivity index (χ2n) is 4.11. The summed E-state index contributed by atoms with van der Waals surface area (Å²) in [6, 6.07) is 7.44. The molecule has 1 heterocycles. The lowest BCUT2D eigenvalue weighted by Crippen LogP contribution is -2.34. The minimum atomic E-state index is 0.102. The van der Waals surface area contributed by atoms with Crippen LogP contribution in [0.2, 0.25) is 0 Å². The fourth-order valence-electron chi connectivity index (χ4n) is 2.14. The number of ether oxygens (including phenoxy) is 1. The van der Waals surface area contributed by atoms with Gasteiger partial charge in [-0.2, -0.15) is 0 Å². The van der Waals surface area contributed by atoms with Gasteiger partial charge in [0.25, 0.3) is 0 Å². The van der Waals surface area contributed by atoms with Gasteiger partial charge in [-0.3, -0.25) is 4.79 Å². The van der Waals surface area contributed by atoms with Crippen LogP contribution in [-0.2, 0) is 0 Å². The molecular formula is C13H17NO2. The van der Waals surface area contributed by atoms with E-state index in [1.807, 2.05) is 24.3 Å². The van der Waals surface area contributed by atoms with E-state index in [-0.39, 0.29) is 11.7 Å². The lowest BCUT2D eigenvalue weighted by Gasteiger charge is -2.22. The molecule has 1 aromatic carbocycles. The highest BCUT2D eigenvalue weighted by molar-refractivity contribution is 6.00. The van der Waals surface area contributed by atoms with Gasteiger partial charge in [0.1, 0.15) is 5.75 Å². The Morgan fingerprint density at radius 2 is 2.25 bits per heavy atom. The molecule has 1 fully saturated rings. The van der Waals surface area contributed by atoms with Gasteiger partial charge in [-0.15, -0.1) is 0 Å². The summed E-state index contributed by atoms with van der Waals surface area (Å²) in [5.41, 5.74) is 0.707. The standard InChI is InChI=1S/C13H17NO2/c1-16-12-7-3-2-6-11(12)13(15)10-5-4-8-14-9-10/h2-3,6-7,10,14H,4-5,8-9H2,1H3/t10-/m0/s1. The Kier molecular flexibility index (Phi) is 3.57. The Hall–Kier alpha value is -1.35. The van der Waals surface area contributed by atoms with Crippen molar-refractivity contribution in [3.8, 4) is 5.75 Å². The van der Waals surface area contributed by atoms with Gasteiger partial charge in [-0.05, 0) is 31.5 Å². The largest absolute Gasteiger partial charge is 0.496 e. The van der Waals surface area contributed by atoms with Gasteiger partial charge < -0.3 is 10.1 Å². The molecule has 1 aliphatic rings. The molecule has 2 rings (SSSR count). The molecule has 1 aliphatic heterocycles. The number of piperidine rings is 1. The summed E-state index contributed by atoms with van der Waals surface area (Å²) in [5, 5.41) is 3.26. The molecule has 0 amide bonds. The molecule has 1 N–H and O–H groups in total. The zero-order chi connectivity index (χ0) is 11.4. The van der Waals surface area contributed by atoms with E-state index in [0.717, 1.165) is 25.9 Å². The first-order chi connectivity index (χ1) is 7.83. The number of carbonyl (C=O) groups excluding carboxylic acids is 1. The van der Waals surface area contributed by atoms with E-state index in [0.29, 0.717) is 11.3 Å². The summed E-state index contributed by atoms with van der Waals surface area (Å²) in [4.78, 5) is 12.3. The van der Waals surface area contributed by atoms with Crippen molar-refractivity contribution in [2.45, 2.75) is 12.8 Å². The summed E-state index contributed by atoms with van der Waals surface area (Å²) in [6.07, 6.45) is 2.05. The third kappa shape index (κ3) is 2.25. The third-order valence-electron chi connectivity index (χ3n) is 3.04. The topological polar surface area (TPSA) is 38.3 Å². The van der Waals surface area contributed by atoms with Crippen LogP contribution in [0.4, 0.5) is 0 Å². The second kappa shape index (κ2) is 5.12. The number of hydrogen-bond donors (Lipinski definition) is 1. The smallest absolute Gasteiger partial charge is 0.170 e. The zero-order valence-electron chi connectivity index (χ0n) is 9.53. The molecule has 0 bridgehead atoms. The Labute approximate surface area is 95.8 Å². The number of para-hydroxylation sites is 1. The monoisotopic (exact) mass is 219 g/mol. The SMILES string of the molecule is COc1ccccc1C(=O)[C@H]1CCCNC1. The Morgan fingerprint density at radius 1 is 1.44 bits per heavy atom. The molecule has 0 radical (unpaired) electrons. The minimum Gasteiger partial charge on any atom is -0.496 e. The van der Waals surface area contributed by atoms with Crippen molar-refractivity contribution in [1.29, 1.82) is 0 Å². The van der Waals surface area contributed by atoms with Crippen molar-refractivity contribution >= 4 is 5.78 Å². The maximum atomic E-state index is 12.3. The van der Waals surface area contributed by atoms with Crippen LogP contribution < -0.4 is 10.1 Å². The van der Waals surface area contributed by atoms with Crippen LogP contribution in [0.25, 0.3) is 0 Å². The fraction of sp³-hybridized carbons (Fsp3) is 0.462. The summed E-state index contributed by atoms with van der Waals surface area (Å²) >= 11 is 0. The second-order valence-corrected chi connectivity index (χ2v) is 4.11. The van der Waals surface area contributed by atoms with Gasteiger partial charge in [-0.25, -0.2) is 0 Å². The minimum absolute atomic E-state index is 0.102. The number of benzene rings is 1. The number of Topliss-reactive ketones (excluding diaryl/α,β-unsaturated/α-hetero) is 1. The van der Waals surface area contributed by atoms with Crippen LogP contribution >= 0.6 is 0 Å².